The summed E-state index contributed by atoms with van der Waals surface area (Å²) in [6, 6.07) is 0. The van der Waals surface area contributed by atoms with Crippen molar-refractivity contribution >= 4 is 14.7 Å². The van der Waals surface area contributed by atoms with Gasteiger partial charge in [-0.1, -0.05) is 20.8 Å². The van der Waals surface area contributed by atoms with Gasteiger partial charge in [0, 0.05) is 0 Å². The zero-order valence-corrected chi connectivity index (χ0v) is 5.50. The first-order chi connectivity index (χ1) is 2.56. The van der Waals surface area contributed by atoms with Gasteiger partial charge in [0.15, 0.2) is 0 Å². The molecule has 0 aliphatic rings. The summed E-state index contributed by atoms with van der Waals surface area (Å²) in [5.74, 6) is 2.91. The van der Waals surface area contributed by atoms with Crippen molar-refractivity contribution in [2.24, 2.45) is 5.41 Å². The van der Waals surface area contributed by atoms with Gasteiger partial charge in [-0.2, -0.15) is 5.41 Å². The van der Waals surface area contributed by atoms with Gasteiger partial charge in [-0.15, -0.1) is 0 Å². The van der Waals surface area contributed by atoms with Crippen LogP contribution in [0.3, 0.4) is 0 Å². The second-order valence-electron chi connectivity index (χ2n) is 2.38. The highest BCUT2D eigenvalue weighted by Gasteiger charge is 1.86. The molecule has 0 saturated heterocycles. The molecule has 0 amide bonds. The molecule has 0 spiro atoms. The highest BCUT2D eigenvalue weighted by molar-refractivity contribution is 7.18. The van der Waals surface area contributed by atoms with Crippen LogP contribution in [0.15, 0.2) is 0 Å². The van der Waals surface area contributed by atoms with Gasteiger partial charge in [0.1, 0.15) is 0 Å². The minimum absolute atomic E-state index is 0.205. The quantitative estimate of drug-likeness (QED) is 0.322. The molecule has 0 unspecified atom stereocenters. The van der Waals surface area contributed by atoms with E-state index in [1.54, 1.807) is 0 Å². The third-order valence-corrected chi connectivity index (χ3v) is 1.12. The van der Waals surface area contributed by atoms with Crippen LogP contribution in [0.1, 0.15) is 20.8 Å². The van der Waals surface area contributed by atoms with E-state index >= 15 is 0 Å². The summed E-state index contributed by atoms with van der Waals surface area (Å²) in [5, 5.41) is 0. The van der Waals surface area contributed by atoms with E-state index in [1.807, 2.05) is 0 Å². The van der Waals surface area contributed by atoms with Gasteiger partial charge in [-0.05, 0) is 0 Å². The van der Waals surface area contributed by atoms with Crippen LogP contribution in [0.4, 0.5) is 0 Å². The zero-order valence-electron chi connectivity index (χ0n) is 4.50. The van der Waals surface area contributed by atoms with Crippen LogP contribution in [0.2, 0.25) is 0 Å². The minimum Gasteiger partial charge on any atom is -0.465 e. The van der Waals surface area contributed by atoms with Crippen LogP contribution in [0, 0.1) is 5.41 Å². The fraction of sp³-hybridized carbons (Fsp3) is 0.800. The Balaban J connectivity index is 3.45. The second-order valence-corrected chi connectivity index (χ2v) is 2.62. The van der Waals surface area contributed by atoms with E-state index in [-0.39, 0.29) is 5.41 Å². The third-order valence-electron chi connectivity index (χ3n) is 0.375. The van der Waals surface area contributed by atoms with Crippen molar-refractivity contribution in [2.45, 2.75) is 20.8 Å². The smallest absolute Gasteiger partial charge is 0.0867 e. The molecule has 0 aromatic carbocycles. The van der Waals surface area contributed by atoms with Crippen molar-refractivity contribution in [3.8, 4) is 0 Å². The monoisotopic (exact) mass is 101 g/mol. The lowest BCUT2D eigenvalue weighted by Crippen LogP contribution is -2.02. The van der Waals surface area contributed by atoms with Crippen LogP contribution in [-0.4, -0.2) is 5.80 Å². The van der Waals surface area contributed by atoms with Crippen molar-refractivity contribution in [1.29, 1.82) is 0 Å². The molecule has 0 heterocycles. The van der Waals surface area contributed by atoms with Crippen LogP contribution in [0.25, 0.3) is 0 Å². The average molecular weight is 101 g/mol. The predicted octanol–water partition coefficient (Wildman–Crippen LogP) is 1.85. The maximum Gasteiger partial charge on any atom is -0.0867 e. The van der Waals surface area contributed by atoms with Gasteiger partial charge < -0.3 is 14.7 Å². The first-order valence-corrected chi connectivity index (χ1v) is 2.50. The van der Waals surface area contributed by atoms with E-state index in [0.29, 0.717) is 0 Å². The molecule has 0 saturated carbocycles. The van der Waals surface area contributed by atoms with Crippen LogP contribution >= 0.6 is 8.86 Å². The van der Waals surface area contributed by atoms with Crippen molar-refractivity contribution in [2.75, 3.05) is 0 Å². The molecule has 0 radical (unpaired) electrons. The lowest BCUT2D eigenvalue weighted by molar-refractivity contribution is 0.615. The van der Waals surface area contributed by atoms with Crippen molar-refractivity contribution in [3.63, 3.8) is 0 Å². The molecule has 0 aliphatic heterocycles. The molecule has 0 aromatic heterocycles. The molecule has 0 N–H and O–H groups in total. The Labute approximate surface area is 41.8 Å². The summed E-state index contributed by atoms with van der Waals surface area (Å²) in [4.78, 5) is 0. The van der Waals surface area contributed by atoms with Crippen molar-refractivity contribution < 1.29 is 0 Å². The summed E-state index contributed by atoms with van der Waals surface area (Å²) in [6.07, 6.45) is 0. The van der Waals surface area contributed by atoms with Gasteiger partial charge in [0.2, 0.25) is 0 Å². The summed E-state index contributed by atoms with van der Waals surface area (Å²) in [7, 11) is 3.16. The van der Waals surface area contributed by atoms with Crippen LogP contribution < -0.4 is 0 Å². The molecule has 6 heavy (non-hydrogen) atoms. The normalized spacial score (nSPS) is 11.2. The molecule has 0 atom stereocenters. The molecule has 0 aliphatic carbocycles. The SMILES string of the molecule is CC(C)(C)[C-]=P. The summed E-state index contributed by atoms with van der Waals surface area (Å²) in [6.45, 7) is 6.25. The Kier molecular flexibility index (Phi) is 1.80. The van der Waals surface area contributed by atoms with Crippen LogP contribution in [0.5, 0.6) is 0 Å². The van der Waals surface area contributed by atoms with E-state index in [0.717, 1.165) is 0 Å². The van der Waals surface area contributed by atoms with Crippen molar-refractivity contribution in [1.82, 2.24) is 0 Å². The topological polar surface area (TPSA) is 0 Å². The highest BCUT2D eigenvalue weighted by Crippen LogP contribution is 2.07. The Morgan fingerprint density at radius 2 is 1.50 bits per heavy atom. The molecule has 0 fully saturated rings. The number of hydrogen-bond acceptors (Lipinski definition) is 0. The van der Waals surface area contributed by atoms with Gasteiger partial charge >= 0.3 is 0 Å². The Morgan fingerprint density at radius 3 is 1.50 bits per heavy atom. The highest BCUT2D eigenvalue weighted by atomic mass is 31.0. The predicted molar refractivity (Wildman–Crippen MR) is 32.8 cm³/mol. The fourth-order valence-electron chi connectivity index (χ4n) is 0. The van der Waals surface area contributed by atoms with Gasteiger partial charge in [0.05, 0.1) is 0 Å². The zero-order chi connectivity index (χ0) is 5.21. The number of hydrogen-bond donors (Lipinski definition) is 0. The summed E-state index contributed by atoms with van der Waals surface area (Å²) in [5.41, 5.74) is 0.205. The fourth-order valence-corrected chi connectivity index (χ4v) is 0. The molecule has 0 bridgehead atoms. The Bertz CT molecular complexity index is 49.4. The van der Waals surface area contributed by atoms with E-state index in [1.165, 1.54) is 0 Å². The molecule has 1 heteroatoms. The van der Waals surface area contributed by atoms with E-state index in [2.05, 4.69) is 35.4 Å². The molecule has 0 aromatic rings. The lowest BCUT2D eigenvalue weighted by atomic mass is 10.0. The average Bonchev–Trinajstić information content (AvgIpc) is 1.35. The van der Waals surface area contributed by atoms with Gasteiger partial charge in [-0.3, -0.25) is 0 Å². The Hall–Kier alpha value is 0.170. The van der Waals surface area contributed by atoms with Crippen LogP contribution in [-0.2, 0) is 0 Å². The van der Waals surface area contributed by atoms with E-state index < -0.39 is 0 Å². The minimum atomic E-state index is 0.205. The molecular formula is C5H10P-. The maximum absolute atomic E-state index is 3.16. The molecule has 36 valence electrons. The second kappa shape index (κ2) is 1.75. The van der Waals surface area contributed by atoms with Gasteiger partial charge in [-0.25, -0.2) is 0 Å². The largest absolute Gasteiger partial charge is 0.465 e. The standard InChI is InChI=1S/C5H10P/c1-5(2,3)4-6/h6H,1-3H3/q-1. The Morgan fingerprint density at radius 1 is 1.33 bits per heavy atom. The molecule has 0 nitrogen and oxygen atoms in total. The van der Waals surface area contributed by atoms with E-state index in [9.17, 15) is 0 Å². The molecule has 0 rings (SSSR count). The van der Waals surface area contributed by atoms with Gasteiger partial charge in [0.25, 0.3) is 0 Å². The third kappa shape index (κ3) is 4.17. The van der Waals surface area contributed by atoms with Crippen molar-refractivity contribution in [3.05, 3.63) is 0 Å². The summed E-state index contributed by atoms with van der Waals surface area (Å²) >= 11 is 0. The maximum atomic E-state index is 3.16. The molecular weight excluding hydrogens is 91.0 g/mol. The first-order valence-electron chi connectivity index (χ1n) is 2.00. The van der Waals surface area contributed by atoms with E-state index in [4.69, 9.17) is 0 Å². The lowest BCUT2D eigenvalue weighted by Gasteiger charge is -2.23. The number of rotatable bonds is 0. The summed E-state index contributed by atoms with van der Waals surface area (Å²) < 4.78 is 0. The first kappa shape index (κ1) is 6.17.